The minimum Gasteiger partial charge on any atom is -0.485 e. The third-order valence-electron chi connectivity index (χ3n) is 4.73. The Hall–Kier alpha value is -3.85. The molecule has 0 fully saturated rings. The van der Waals surface area contributed by atoms with Gasteiger partial charge in [0.25, 0.3) is 0 Å². The molecule has 9 nitrogen and oxygen atoms in total. The number of esters is 1. The second kappa shape index (κ2) is 8.88. The molecule has 0 spiro atoms. The number of fused-ring (bicyclic) bond motifs is 2. The topological polar surface area (TPSA) is 141 Å². The number of amides is 2. The number of rotatable bonds is 3. The lowest BCUT2D eigenvalue weighted by atomic mass is 9.96. The lowest BCUT2D eigenvalue weighted by Crippen LogP contribution is -2.43. The summed E-state index contributed by atoms with van der Waals surface area (Å²) in [5.41, 5.74) is 6.22. The molecule has 2 heterocycles. The number of nitrogens with two attached hydrogens (primary N) is 1. The molecule has 3 aromatic rings. The van der Waals surface area contributed by atoms with E-state index in [1.165, 1.54) is 11.5 Å². The summed E-state index contributed by atoms with van der Waals surface area (Å²) in [7, 11) is 0. The van der Waals surface area contributed by atoms with Gasteiger partial charge in [0.1, 0.15) is 23.0 Å². The van der Waals surface area contributed by atoms with Gasteiger partial charge in [0, 0.05) is 23.9 Å². The van der Waals surface area contributed by atoms with Crippen LogP contribution in [0.15, 0.2) is 63.8 Å². The van der Waals surface area contributed by atoms with Crippen LogP contribution < -0.4 is 21.6 Å². The molecule has 4 rings (SSSR count). The Morgan fingerprint density at radius 2 is 1.84 bits per heavy atom. The molecule has 1 aromatic heterocycles. The number of urea groups is 1. The van der Waals surface area contributed by atoms with E-state index in [-0.39, 0.29) is 12.1 Å². The molecule has 162 valence electrons. The van der Waals surface area contributed by atoms with E-state index in [2.05, 4.69) is 5.73 Å². The van der Waals surface area contributed by atoms with Crippen molar-refractivity contribution in [2.45, 2.75) is 32.0 Å². The first-order valence-electron chi connectivity index (χ1n) is 9.41. The summed E-state index contributed by atoms with van der Waals surface area (Å²) in [5.74, 6) is 0.270. The summed E-state index contributed by atoms with van der Waals surface area (Å²) < 4.78 is 16.9. The number of hydrogen-bond donors (Lipinski definition) is 3. The molecule has 2 amide bonds. The molecular formula is C22H22N2O7. The van der Waals surface area contributed by atoms with Crippen molar-refractivity contribution in [2.75, 3.05) is 0 Å². The molecule has 31 heavy (non-hydrogen) atoms. The van der Waals surface area contributed by atoms with E-state index >= 15 is 0 Å². The number of hydroxylamine groups is 1. The Kier molecular flexibility index (Phi) is 6.26. The number of hydrogen-bond acceptors (Lipinski definition) is 7. The normalized spacial score (nSPS) is 14.6. The monoisotopic (exact) mass is 426 g/mol. The first-order valence-corrected chi connectivity index (χ1v) is 9.41. The summed E-state index contributed by atoms with van der Waals surface area (Å²) in [6.07, 6.45) is 0.285. The number of ether oxygens (including phenoxy) is 2. The Balaban J connectivity index is 0.000000491. The van der Waals surface area contributed by atoms with Gasteiger partial charge in [-0.05, 0) is 43.7 Å². The molecule has 2 aromatic carbocycles. The van der Waals surface area contributed by atoms with E-state index < -0.39 is 17.3 Å². The lowest BCUT2D eigenvalue weighted by Gasteiger charge is -2.30. The van der Waals surface area contributed by atoms with Crippen LogP contribution >= 0.6 is 0 Å². The largest absolute Gasteiger partial charge is 0.485 e. The zero-order valence-corrected chi connectivity index (χ0v) is 17.0. The van der Waals surface area contributed by atoms with Crippen molar-refractivity contribution >= 4 is 23.0 Å². The van der Waals surface area contributed by atoms with Crippen LogP contribution in [0.1, 0.15) is 29.8 Å². The van der Waals surface area contributed by atoms with Gasteiger partial charge in [0.15, 0.2) is 0 Å². The standard InChI is InChI=1S/C21H18O5.CH4N2O2/c1-21(2,26-20(23)13-6-4-3-5-7-13)18-11-15-10-14-8-9-19(22)25-16(14)12-17(15)24-18;2-1(4)3-5/h3-10,12,18H,11H2,1-2H3;5H,(H3,2,3,4). The third-order valence-corrected chi connectivity index (χ3v) is 4.73. The van der Waals surface area contributed by atoms with Gasteiger partial charge in [-0.1, -0.05) is 18.2 Å². The van der Waals surface area contributed by atoms with Crippen molar-refractivity contribution in [2.24, 2.45) is 5.73 Å². The minimum absolute atomic E-state index is 0.325. The molecule has 0 saturated carbocycles. The van der Waals surface area contributed by atoms with Gasteiger partial charge in [-0.15, -0.1) is 0 Å². The number of benzene rings is 2. The summed E-state index contributed by atoms with van der Waals surface area (Å²) in [5, 5.41) is 8.26. The highest BCUT2D eigenvalue weighted by molar-refractivity contribution is 5.89. The zero-order valence-electron chi connectivity index (χ0n) is 17.0. The van der Waals surface area contributed by atoms with Crippen LogP contribution in [0.5, 0.6) is 5.75 Å². The first kappa shape index (κ1) is 21.8. The lowest BCUT2D eigenvalue weighted by molar-refractivity contribution is -0.0517. The zero-order chi connectivity index (χ0) is 22.6. The average Bonchev–Trinajstić information content (AvgIpc) is 3.16. The first-order chi connectivity index (χ1) is 14.7. The van der Waals surface area contributed by atoms with E-state index in [1.807, 2.05) is 26.0 Å². The van der Waals surface area contributed by atoms with Gasteiger partial charge in [-0.25, -0.2) is 19.9 Å². The summed E-state index contributed by atoms with van der Waals surface area (Å²) in [4.78, 5) is 33.0. The predicted molar refractivity (Wildman–Crippen MR) is 111 cm³/mol. The summed E-state index contributed by atoms with van der Waals surface area (Å²) >= 11 is 0. The van der Waals surface area contributed by atoms with Crippen molar-refractivity contribution in [3.63, 3.8) is 0 Å². The van der Waals surface area contributed by atoms with Crippen LogP contribution in [0.4, 0.5) is 4.79 Å². The molecule has 9 heteroatoms. The maximum Gasteiger partial charge on any atom is 0.338 e. The van der Waals surface area contributed by atoms with E-state index in [9.17, 15) is 14.4 Å². The quantitative estimate of drug-likeness (QED) is 0.253. The maximum atomic E-state index is 12.4. The molecule has 4 N–H and O–H groups in total. The second-order valence-corrected chi connectivity index (χ2v) is 7.40. The number of primary amides is 1. The Labute approximate surface area is 177 Å². The van der Waals surface area contributed by atoms with E-state index in [1.54, 1.807) is 36.4 Å². The van der Waals surface area contributed by atoms with Crippen molar-refractivity contribution < 1.29 is 28.7 Å². The highest BCUT2D eigenvalue weighted by Crippen LogP contribution is 2.37. The Bertz CT molecular complexity index is 1160. The fraction of sp³-hybridized carbons (Fsp3) is 0.227. The third kappa shape index (κ3) is 5.20. The maximum absolute atomic E-state index is 12.4. The summed E-state index contributed by atoms with van der Waals surface area (Å²) in [6.45, 7) is 3.68. The van der Waals surface area contributed by atoms with Crippen LogP contribution in [-0.4, -0.2) is 28.9 Å². The number of nitrogens with one attached hydrogen (secondary N) is 1. The Morgan fingerprint density at radius 3 is 2.48 bits per heavy atom. The van der Waals surface area contributed by atoms with E-state index in [4.69, 9.17) is 19.1 Å². The van der Waals surface area contributed by atoms with Gasteiger partial charge >= 0.3 is 17.6 Å². The summed E-state index contributed by atoms with van der Waals surface area (Å²) in [6, 6.07) is 14.7. The highest BCUT2D eigenvalue weighted by atomic mass is 16.6. The van der Waals surface area contributed by atoms with Crippen LogP contribution in [0.25, 0.3) is 11.0 Å². The molecule has 0 radical (unpaired) electrons. The van der Waals surface area contributed by atoms with Crippen molar-refractivity contribution in [3.05, 3.63) is 76.1 Å². The highest BCUT2D eigenvalue weighted by Gasteiger charge is 2.40. The molecule has 1 aliphatic heterocycles. The van der Waals surface area contributed by atoms with Gasteiger partial charge in [0.05, 0.1) is 5.56 Å². The molecule has 0 saturated heterocycles. The van der Waals surface area contributed by atoms with Crippen LogP contribution in [0.3, 0.4) is 0 Å². The van der Waals surface area contributed by atoms with Crippen LogP contribution in [0, 0.1) is 0 Å². The van der Waals surface area contributed by atoms with Gasteiger partial charge in [0.2, 0.25) is 0 Å². The van der Waals surface area contributed by atoms with Crippen molar-refractivity contribution in [3.8, 4) is 5.75 Å². The SMILES string of the molecule is CC(C)(OC(=O)c1ccccc1)C1Cc2cc3ccc(=O)oc3cc2O1.NC(=O)NO. The number of carbonyl (C=O) groups is 2. The molecular weight excluding hydrogens is 404 g/mol. The van der Waals surface area contributed by atoms with Gasteiger partial charge in [-0.3, -0.25) is 5.21 Å². The fourth-order valence-corrected chi connectivity index (χ4v) is 3.13. The van der Waals surface area contributed by atoms with Crippen molar-refractivity contribution in [1.29, 1.82) is 0 Å². The molecule has 1 atom stereocenters. The molecule has 1 aliphatic rings. The van der Waals surface area contributed by atoms with Gasteiger partial charge in [-0.2, -0.15) is 0 Å². The second-order valence-electron chi connectivity index (χ2n) is 7.40. The smallest absolute Gasteiger partial charge is 0.338 e. The Morgan fingerprint density at radius 1 is 1.16 bits per heavy atom. The van der Waals surface area contributed by atoms with Crippen LogP contribution in [0.2, 0.25) is 0 Å². The minimum atomic E-state index is -0.940. The molecule has 0 aliphatic carbocycles. The fourth-order valence-electron chi connectivity index (χ4n) is 3.13. The molecule has 1 unspecified atom stereocenters. The van der Waals surface area contributed by atoms with Crippen LogP contribution in [-0.2, 0) is 11.2 Å². The number of carbonyl (C=O) groups excluding carboxylic acids is 2. The molecule has 0 bridgehead atoms. The average molecular weight is 426 g/mol. The van der Waals surface area contributed by atoms with E-state index in [0.717, 1.165) is 10.9 Å². The van der Waals surface area contributed by atoms with Gasteiger partial charge < -0.3 is 19.6 Å². The van der Waals surface area contributed by atoms with E-state index in [0.29, 0.717) is 23.3 Å². The predicted octanol–water partition coefficient (Wildman–Crippen LogP) is 2.78. The van der Waals surface area contributed by atoms with Crippen molar-refractivity contribution in [1.82, 2.24) is 5.48 Å².